The third kappa shape index (κ3) is 4.30. The van der Waals surface area contributed by atoms with Gasteiger partial charge in [0.2, 0.25) is 0 Å². The van der Waals surface area contributed by atoms with Crippen molar-refractivity contribution in [2.75, 3.05) is 7.11 Å². The van der Waals surface area contributed by atoms with E-state index in [0.717, 1.165) is 30.7 Å². The van der Waals surface area contributed by atoms with Crippen LogP contribution < -0.4 is 4.74 Å². The molecule has 0 amide bonds. The van der Waals surface area contributed by atoms with Crippen molar-refractivity contribution in [2.24, 2.45) is 0 Å². The van der Waals surface area contributed by atoms with Crippen LogP contribution in [0.5, 0.6) is 5.75 Å². The molecular formula is C19H14F3NO6S. The number of halogens is 3. The number of oxazole rings is 1. The van der Waals surface area contributed by atoms with Crippen LogP contribution in [0.25, 0.3) is 11.3 Å². The van der Waals surface area contributed by atoms with E-state index in [9.17, 15) is 26.4 Å². The summed E-state index contributed by atoms with van der Waals surface area (Å²) in [5.74, 6) is -2.27. The first kappa shape index (κ1) is 21.4. The Morgan fingerprint density at radius 1 is 1.20 bits per heavy atom. The summed E-state index contributed by atoms with van der Waals surface area (Å²) in [6.45, 7) is 0. The summed E-state index contributed by atoms with van der Waals surface area (Å²) >= 11 is 0. The molecule has 0 radical (unpaired) electrons. The lowest BCUT2D eigenvalue weighted by atomic mass is 10.0. The Kier molecular flexibility index (Phi) is 5.57. The van der Waals surface area contributed by atoms with Crippen molar-refractivity contribution in [1.82, 2.24) is 4.98 Å². The van der Waals surface area contributed by atoms with Crippen molar-refractivity contribution in [1.29, 1.82) is 0 Å². The molecule has 30 heavy (non-hydrogen) atoms. The number of hydrogen-bond donors (Lipinski definition) is 1. The van der Waals surface area contributed by atoms with Crippen LogP contribution in [0.3, 0.4) is 0 Å². The van der Waals surface area contributed by atoms with Gasteiger partial charge in [0.1, 0.15) is 10.6 Å². The molecule has 0 atom stereocenters. The monoisotopic (exact) mass is 441 g/mol. The molecule has 1 aromatic heterocycles. The lowest BCUT2D eigenvalue weighted by Crippen LogP contribution is -2.11. The van der Waals surface area contributed by atoms with E-state index in [1.807, 2.05) is 0 Å². The minimum atomic E-state index is -4.70. The SMILES string of the molecule is COc1ccc(C(=O)O)cc1S(=O)(=O)Cc1cc(C(F)(F)F)ccc1-c1cnco1. The van der Waals surface area contributed by atoms with E-state index in [4.69, 9.17) is 14.3 Å². The number of methoxy groups -OCH3 is 1. The highest BCUT2D eigenvalue weighted by atomic mass is 32.2. The number of alkyl halides is 3. The molecule has 11 heteroatoms. The molecule has 0 fully saturated rings. The van der Waals surface area contributed by atoms with E-state index in [1.165, 1.54) is 19.4 Å². The average molecular weight is 441 g/mol. The third-order valence-corrected chi connectivity index (χ3v) is 5.90. The topological polar surface area (TPSA) is 107 Å². The number of carboxylic acid groups (broad SMARTS) is 1. The molecule has 1 N–H and O–H groups in total. The second-order valence-electron chi connectivity index (χ2n) is 6.17. The quantitative estimate of drug-likeness (QED) is 0.615. The van der Waals surface area contributed by atoms with Gasteiger partial charge in [-0.1, -0.05) is 6.07 Å². The summed E-state index contributed by atoms with van der Waals surface area (Å²) in [7, 11) is -3.11. The van der Waals surface area contributed by atoms with Gasteiger partial charge in [-0.15, -0.1) is 0 Å². The summed E-state index contributed by atoms with van der Waals surface area (Å²) in [4.78, 5) is 14.5. The highest BCUT2D eigenvalue weighted by Gasteiger charge is 2.32. The van der Waals surface area contributed by atoms with Crippen molar-refractivity contribution in [3.05, 3.63) is 65.7 Å². The fourth-order valence-corrected chi connectivity index (χ4v) is 4.38. The maximum absolute atomic E-state index is 13.2. The van der Waals surface area contributed by atoms with Gasteiger partial charge in [0, 0.05) is 5.56 Å². The predicted octanol–water partition coefficient (Wildman–Crippen LogP) is 4.04. The van der Waals surface area contributed by atoms with Gasteiger partial charge < -0.3 is 14.3 Å². The van der Waals surface area contributed by atoms with Crippen molar-refractivity contribution in [3.8, 4) is 17.1 Å². The van der Waals surface area contributed by atoms with E-state index in [-0.39, 0.29) is 28.2 Å². The molecule has 158 valence electrons. The van der Waals surface area contributed by atoms with Gasteiger partial charge in [-0.2, -0.15) is 13.2 Å². The normalized spacial score (nSPS) is 12.0. The molecule has 0 unspecified atom stereocenters. The van der Waals surface area contributed by atoms with E-state index >= 15 is 0 Å². The van der Waals surface area contributed by atoms with Gasteiger partial charge in [0.05, 0.1) is 30.2 Å². The lowest BCUT2D eigenvalue weighted by molar-refractivity contribution is -0.137. The van der Waals surface area contributed by atoms with Crippen LogP contribution in [0.4, 0.5) is 13.2 Å². The smallest absolute Gasteiger partial charge is 0.416 e. The number of nitrogens with zero attached hydrogens (tertiary/aromatic N) is 1. The highest BCUT2D eigenvalue weighted by Crippen LogP contribution is 2.36. The van der Waals surface area contributed by atoms with Crippen LogP contribution in [0.2, 0.25) is 0 Å². The van der Waals surface area contributed by atoms with Gasteiger partial charge in [-0.25, -0.2) is 18.2 Å². The first-order valence-electron chi connectivity index (χ1n) is 8.26. The number of benzene rings is 2. The van der Waals surface area contributed by atoms with Gasteiger partial charge in [0.15, 0.2) is 22.0 Å². The summed E-state index contributed by atoms with van der Waals surface area (Å²) in [5.41, 5.74) is -1.43. The second-order valence-corrected chi connectivity index (χ2v) is 8.12. The number of aromatic carboxylic acids is 1. The van der Waals surface area contributed by atoms with Gasteiger partial charge in [-0.3, -0.25) is 0 Å². The van der Waals surface area contributed by atoms with E-state index < -0.39 is 38.2 Å². The largest absolute Gasteiger partial charge is 0.495 e. The molecule has 0 aliphatic heterocycles. The Morgan fingerprint density at radius 2 is 1.93 bits per heavy atom. The predicted molar refractivity (Wildman–Crippen MR) is 97.8 cm³/mol. The number of aromatic nitrogens is 1. The number of ether oxygens (including phenoxy) is 1. The van der Waals surface area contributed by atoms with Crippen molar-refractivity contribution < 1.29 is 40.6 Å². The zero-order valence-corrected chi connectivity index (χ0v) is 16.1. The molecule has 0 aliphatic carbocycles. The van der Waals surface area contributed by atoms with Crippen LogP contribution >= 0.6 is 0 Å². The molecule has 3 rings (SSSR count). The minimum Gasteiger partial charge on any atom is -0.495 e. The number of hydrogen-bond acceptors (Lipinski definition) is 6. The summed E-state index contributed by atoms with van der Waals surface area (Å²) < 4.78 is 75.8. The maximum atomic E-state index is 13.2. The van der Waals surface area contributed by atoms with Crippen molar-refractivity contribution in [3.63, 3.8) is 0 Å². The number of rotatable bonds is 6. The Hall–Kier alpha value is -3.34. The summed E-state index contributed by atoms with van der Waals surface area (Å²) in [6, 6.07) is 5.84. The Labute approximate surface area is 168 Å². The van der Waals surface area contributed by atoms with Crippen LogP contribution in [-0.4, -0.2) is 31.6 Å². The third-order valence-electron chi connectivity index (χ3n) is 4.22. The molecule has 3 aromatic rings. The Balaban J connectivity index is 2.15. The molecular weight excluding hydrogens is 427 g/mol. The zero-order chi connectivity index (χ0) is 22.1. The van der Waals surface area contributed by atoms with Gasteiger partial charge >= 0.3 is 12.1 Å². The fraction of sp³-hybridized carbons (Fsp3) is 0.158. The van der Waals surface area contributed by atoms with E-state index in [0.29, 0.717) is 6.07 Å². The summed E-state index contributed by atoms with van der Waals surface area (Å²) in [5, 5.41) is 9.14. The summed E-state index contributed by atoms with van der Waals surface area (Å²) in [6.07, 6.45) is -2.39. The van der Waals surface area contributed by atoms with E-state index in [1.54, 1.807) is 0 Å². The van der Waals surface area contributed by atoms with Crippen LogP contribution in [-0.2, 0) is 21.8 Å². The van der Waals surface area contributed by atoms with Gasteiger partial charge in [-0.05, 0) is 35.9 Å². The number of carbonyl (C=O) groups is 1. The lowest BCUT2D eigenvalue weighted by Gasteiger charge is -2.14. The fourth-order valence-electron chi connectivity index (χ4n) is 2.81. The Morgan fingerprint density at radius 3 is 2.50 bits per heavy atom. The molecule has 7 nitrogen and oxygen atoms in total. The zero-order valence-electron chi connectivity index (χ0n) is 15.3. The van der Waals surface area contributed by atoms with Crippen molar-refractivity contribution >= 4 is 15.8 Å². The molecule has 0 saturated heterocycles. The standard InChI is InChI=1S/C19H14F3NO6S/c1-28-15-5-2-11(18(24)25)7-17(15)30(26,27)9-12-6-13(19(20,21)22)3-4-14(12)16-8-23-10-29-16/h2-8,10H,9H2,1H3,(H,24,25). The molecule has 2 aromatic carbocycles. The molecule has 0 aliphatic rings. The van der Waals surface area contributed by atoms with Gasteiger partial charge in [0.25, 0.3) is 0 Å². The highest BCUT2D eigenvalue weighted by molar-refractivity contribution is 7.90. The second kappa shape index (κ2) is 7.82. The van der Waals surface area contributed by atoms with Crippen LogP contribution in [0.1, 0.15) is 21.5 Å². The van der Waals surface area contributed by atoms with Crippen LogP contribution in [0.15, 0.2) is 58.3 Å². The first-order chi connectivity index (χ1) is 14.0. The minimum absolute atomic E-state index is 0.0835. The number of carboxylic acids is 1. The average Bonchev–Trinajstić information content (AvgIpc) is 3.20. The van der Waals surface area contributed by atoms with E-state index in [2.05, 4.69) is 4.98 Å². The molecule has 0 saturated carbocycles. The van der Waals surface area contributed by atoms with Crippen LogP contribution in [0, 0.1) is 0 Å². The van der Waals surface area contributed by atoms with Crippen molar-refractivity contribution in [2.45, 2.75) is 16.8 Å². The maximum Gasteiger partial charge on any atom is 0.416 e. The molecule has 1 heterocycles. The molecule has 0 spiro atoms. The number of sulfone groups is 1. The Bertz CT molecular complexity index is 1190. The molecule has 0 bridgehead atoms. The first-order valence-corrected chi connectivity index (χ1v) is 9.91.